The molecule has 0 spiro atoms. The SMILES string of the molecule is CCC(C#N)S(=O)(=O)NCCc1ccc(N)cc1. The average Bonchev–Trinajstić information content (AvgIpc) is 2.32. The van der Waals surface area contributed by atoms with Crippen molar-refractivity contribution in [3.8, 4) is 6.07 Å². The Kier molecular flexibility index (Phi) is 5.13. The van der Waals surface area contributed by atoms with Gasteiger partial charge in [0.1, 0.15) is 0 Å². The van der Waals surface area contributed by atoms with Crippen LogP contribution >= 0.6 is 0 Å². The van der Waals surface area contributed by atoms with E-state index in [0.29, 0.717) is 12.1 Å². The van der Waals surface area contributed by atoms with E-state index in [4.69, 9.17) is 11.0 Å². The zero-order chi connectivity index (χ0) is 13.6. The van der Waals surface area contributed by atoms with E-state index in [2.05, 4.69) is 4.72 Å². The van der Waals surface area contributed by atoms with Gasteiger partial charge in [0, 0.05) is 12.2 Å². The number of nitrogens with two attached hydrogens (primary N) is 1. The third-order valence-corrected chi connectivity index (χ3v) is 4.38. The lowest BCUT2D eigenvalue weighted by Gasteiger charge is -2.10. The first-order valence-corrected chi connectivity index (χ1v) is 7.26. The fourth-order valence-corrected chi connectivity index (χ4v) is 2.67. The van der Waals surface area contributed by atoms with Crippen LogP contribution in [0.5, 0.6) is 0 Å². The Hall–Kier alpha value is -1.58. The van der Waals surface area contributed by atoms with Crippen LogP contribution in [-0.2, 0) is 16.4 Å². The van der Waals surface area contributed by atoms with Gasteiger partial charge in [-0.25, -0.2) is 13.1 Å². The van der Waals surface area contributed by atoms with Crippen LogP contribution in [0.3, 0.4) is 0 Å². The van der Waals surface area contributed by atoms with E-state index in [1.54, 1.807) is 25.1 Å². The maximum atomic E-state index is 11.7. The molecule has 0 aliphatic rings. The van der Waals surface area contributed by atoms with Gasteiger partial charge in [0.2, 0.25) is 10.0 Å². The zero-order valence-electron chi connectivity index (χ0n) is 10.3. The highest BCUT2D eigenvalue weighted by Gasteiger charge is 2.22. The summed E-state index contributed by atoms with van der Waals surface area (Å²) in [4.78, 5) is 0. The minimum atomic E-state index is -3.54. The maximum Gasteiger partial charge on any atom is 0.227 e. The summed E-state index contributed by atoms with van der Waals surface area (Å²) in [5.41, 5.74) is 7.23. The van der Waals surface area contributed by atoms with Crippen LogP contribution in [0, 0.1) is 11.3 Å². The molecule has 0 aromatic heterocycles. The lowest BCUT2D eigenvalue weighted by molar-refractivity contribution is 0.572. The predicted octanol–water partition coefficient (Wildman–Crippen LogP) is 1.03. The molecule has 6 heteroatoms. The number of rotatable bonds is 6. The first-order valence-electron chi connectivity index (χ1n) is 5.72. The molecule has 0 aliphatic heterocycles. The minimum absolute atomic E-state index is 0.282. The standard InChI is InChI=1S/C12H17N3O2S/c1-2-12(9-13)18(16,17)15-8-7-10-3-5-11(14)6-4-10/h3-6,12,15H,2,7-8,14H2,1H3. The third-order valence-electron chi connectivity index (χ3n) is 2.59. The van der Waals surface area contributed by atoms with Crippen molar-refractivity contribution >= 4 is 15.7 Å². The molecule has 18 heavy (non-hydrogen) atoms. The highest BCUT2D eigenvalue weighted by molar-refractivity contribution is 7.90. The topological polar surface area (TPSA) is 96.0 Å². The summed E-state index contributed by atoms with van der Waals surface area (Å²) >= 11 is 0. The molecule has 5 nitrogen and oxygen atoms in total. The molecule has 1 aromatic carbocycles. The van der Waals surface area contributed by atoms with Crippen LogP contribution in [0.1, 0.15) is 18.9 Å². The summed E-state index contributed by atoms with van der Waals surface area (Å²) in [6.07, 6.45) is 0.856. The number of nitrogens with one attached hydrogen (secondary N) is 1. The van der Waals surface area contributed by atoms with Crippen molar-refractivity contribution in [3.05, 3.63) is 29.8 Å². The number of benzene rings is 1. The molecule has 0 saturated heterocycles. The van der Waals surface area contributed by atoms with Gasteiger partial charge < -0.3 is 5.73 Å². The van der Waals surface area contributed by atoms with Gasteiger partial charge >= 0.3 is 0 Å². The van der Waals surface area contributed by atoms with Crippen LogP contribution in [0.15, 0.2) is 24.3 Å². The van der Waals surface area contributed by atoms with Gasteiger partial charge in [0.25, 0.3) is 0 Å². The summed E-state index contributed by atoms with van der Waals surface area (Å²) < 4.78 is 25.8. The zero-order valence-corrected chi connectivity index (χ0v) is 11.1. The second-order valence-electron chi connectivity index (χ2n) is 3.96. The number of anilines is 1. The number of sulfonamides is 1. The van der Waals surface area contributed by atoms with E-state index < -0.39 is 15.3 Å². The summed E-state index contributed by atoms with van der Waals surface area (Å²) in [6, 6.07) is 9.03. The quantitative estimate of drug-likeness (QED) is 0.752. The molecular formula is C12H17N3O2S. The molecule has 1 aromatic rings. The van der Waals surface area contributed by atoms with E-state index in [9.17, 15) is 8.42 Å². The molecule has 1 unspecified atom stereocenters. The Morgan fingerprint density at radius 1 is 1.39 bits per heavy atom. The van der Waals surface area contributed by atoms with Crippen molar-refractivity contribution in [2.75, 3.05) is 12.3 Å². The van der Waals surface area contributed by atoms with Gasteiger partial charge in [-0.3, -0.25) is 0 Å². The number of hydrogen-bond acceptors (Lipinski definition) is 4. The van der Waals surface area contributed by atoms with Gasteiger partial charge in [0.05, 0.1) is 6.07 Å². The van der Waals surface area contributed by atoms with Gasteiger partial charge in [0.15, 0.2) is 5.25 Å². The summed E-state index contributed by atoms with van der Waals surface area (Å²) in [6.45, 7) is 1.96. The van der Waals surface area contributed by atoms with Crippen molar-refractivity contribution in [1.29, 1.82) is 5.26 Å². The summed E-state index contributed by atoms with van der Waals surface area (Å²) in [5.74, 6) is 0. The van der Waals surface area contributed by atoms with E-state index in [1.165, 1.54) is 0 Å². The third kappa shape index (κ3) is 4.02. The van der Waals surface area contributed by atoms with Crippen molar-refractivity contribution in [2.24, 2.45) is 0 Å². The van der Waals surface area contributed by atoms with Gasteiger partial charge in [-0.2, -0.15) is 5.26 Å². The van der Waals surface area contributed by atoms with Crippen LogP contribution < -0.4 is 10.5 Å². The largest absolute Gasteiger partial charge is 0.399 e. The maximum absolute atomic E-state index is 11.7. The molecular weight excluding hydrogens is 250 g/mol. The Morgan fingerprint density at radius 3 is 2.50 bits per heavy atom. The second-order valence-corrected chi connectivity index (χ2v) is 5.90. The monoisotopic (exact) mass is 267 g/mol. The average molecular weight is 267 g/mol. The molecule has 0 bridgehead atoms. The highest BCUT2D eigenvalue weighted by atomic mass is 32.2. The van der Waals surface area contributed by atoms with E-state index in [1.807, 2.05) is 12.1 Å². The molecule has 0 radical (unpaired) electrons. The summed E-state index contributed by atoms with van der Waals surface area (Å²) in [5, 5.41) is 7.74. The molecule has 0 fully saturated rings. The van der Waals surface area contributed by atoms with Crippen LogP contribution in [0.4, 0.5) is 5.69 Å². The number of hydrogen-bond donors (Lipinski definition) is 2. The van der Waals surface area contributed by atoms with E-state index in [0.717, 1.165) is 5.56 Å². The van der Waals surface area contributed by atoms with Gasteiger partial charge in [-0.1, -0.05) is 19.1 Å². The lowest BCUT2D eigenvalue weighted by Crippen LogP contribution is -2.34. The van der Waals surface area contributed by atoms with E-state index >= 15 is 0 Å². The molecule has 98 valence electrons. The fourth-order valence-electron chi connectivity index (χ4n) is 1.50. The number of nitrogen functional groups attached to an aromatic ring is 1. The highest BCUT2D eigenvalue weighted by Crippen LogP contribution is 2.07. The normalized spacial score (nSPS) is 12.9. The van der Waals surface area contributed by atoms with Crippen molar-refractivity contribution in [1.82, 2.24) is 4.72 Å². The van der Waals surface area contributed by atoms with Crippen LogP contribution in [0.25, 0.3) is 0 Å². The molecule has 3 N–H and O–H groups in total. The number of nitrogens with zero attached hydrogens (tertiary/aromatic N) is 1. The first kappa shape index (κ1) is 14.5. The van der Waals surface area contributed by atoms with Crippen molar-refractivity contribution in [3.63, 3.8) is 0 Å². The molecule has 1 rings (SSSR count). The first-order chi connectivity index (χ1) is 8.49. The van der Waals surface area contributed by atoms with Crippen LogP contribution in [-0.4, -0.2) is 20.2 Å². The van der Waals surface area contributed by atoms with Gasteiger partial charge in [-0.05, 0) is 30.5 Å². The van der Waals surface area contributed by atoms with Crippen LogP contribution in [0.2, 0.25) is 0 Å². The van der Waals surface area contributed by atoms with Gasteiger partial charge in [-0.15, -0.1) is 0 Å². The number of nitriles is 1. The lowest BCUT2D eigenvalue weighted by atomic mass is 10.1. The molecule has 0 aliphatic carbocycles. The molecule has 0 saturated carbocycles. The Bertz CT molecular complexity index is 517. The fraction of sp³-hybridized carbons (Fsp3) is 0.417. The minimum Gasteiger partial charge on any atom is -0.399 e. The molecule has 0 heterocycles. The second kappa shape index (κ2) is 6.38. The van der Waals surface area contributed by atoms with Crippen molar-refractivity contribution < 1.29 is 8.42 Å². The smallest absolute Gasteiger partial charge is 0.227 e. The molecule has 0 amide bonds. The van der Waals surface area contributed by atoms with Crippen molar-refractivity contribution in [2.45, 2.75) is 25.0 Å². The van der Waals surface area contributed by atoms with E-state index in [-0.39, 0.29) is 13.0 Å². The predicted molar refractivity (Wildman–Crippen MR) is 71.2 cm³/mol. The Balaban J connectivity index is 2.52. The summed E-state index contributed by atoms with van der Waals surface area (Å²) in [7, 11) is -3.54. The molecule has 1 atom stereocenters. The Labute approximate surface area is 108 Å². The Morgan fingerprint density at radius 2 is 2.00 bits per heavy atom.